The van der Waals surface area contributed by atoms with Gasteiger partial charge < -0.3 is 4.74 Å². The Labute approximate surface area is 133 Å². The zero-order valence-corrected chi connectivity index (χ0v) is 13.1. The number of esters is 1. The third-order valence-corrected chi connectivity index (χ3v) is 4.01. The van der Waals surface area contributed by atoms with E-state index in [4.69, 9.17) is 21.9 Å². The normalized spacial score (nSPS) is 21.4. The lowest BCUT2D eigenvalue weighted by atomic mass is 10.1. The zero-order chi connectivity index (χ0) is 15.9. The largest absolute Gasteiger partial charge is 0.465 e. The first-order valence-electron chi connectivity index (χ1n) is 7.13. The monoisotopic (exact) mass is 323 g/mol. The lowest BCUT2D eigenvalue weighted by Crippen LogP contribution is -2.36. The van der Waals surface area contributed by atoms with Crippen LogP contribution in [0, 0.1) is 0 Å². The van der Waals surface area contributed by atoms with Crippen LogP contribution in [0.5, 0.6) is 0 Å². The third kappa shape index (κ3) is 4.34. The van der Waals surface area contributed by atoms with Gasteiger partial charge in [-0.2, -0.15) is 0 Å². The van der Waals surface area contributed by atoms with Gasteiger partial charge in [-0.15, -0.1) is 0 Å². The molecule has 0 radical (unpaired) electrons. The number of carbonyl (C=O) groups excluding carboxylic acids is 1. The molecule has 1 unspecified atom stereocenters. The van der Waals surface area contributed by atoms with Crippen molar-refractivity contribution in [3.8, 4) is 0 Å². The van der Waals surface area contributed by atoms with Crippen molar-refractivity contribution >= 4 is 17.6 Å². The van der Waals surface area contributed by atoms with Crippen LogP contribution >= 0.6 is 11.6 Å². The van der Waals surface area contributed by atoms with Crippen LogP contribution in [-0.4, -0.2) is 41.6 Å². The molecule has 1 fully saturated rings. The number of pyridine rings is 1. The van der Waals surface area contributed by atoms with Gasteiger partial charge >= 0.3 is 5.97 Å². The van der Waals surface area contributed by atoms with E-state index < -0.39 is 0 Å². The highest BCUT2D eigenvalue weighted by molar-refractivity contribution is 6.29. The lowest BCUT2D eigenvalue weighted by Gasteiger charge is -2.29. The van der Waals surface area contributed by atoms with Crippen LogP contribution in [0.1, 0.15) is 31.4 Å². The number of aromatic nitrogens is 1. The summed E-state index contributed by atoms with van der Waals surface area (Å²) in [4.78, 5) is 20.1. The third-order valence-electron chi connectivity index (χ3n) is 3.79. The second-order valence-corrected chi connectivity index (χ2v) is 5.54. The van der Waals surface area contributed by atoms with E-state index in [1.165, 1.54) is 6.92 Å². The summed E-state index contributed by atoms with van der Waals surface area (Å²) in [5.41, 5.74) is 9.59. The number of likely N-dealkylation sites (tertiary alicyclic amines) is 1. The van der Waals surface area contributed by atoms with Gasteiger partial charge in [0.25, 0.3) is 0 Å². The molecular formula is C14H18ClN5O2. The summed E-state index contributed by atoms with van der Waals surface area (Å²) in [7, 11) is 0. The number of ether oxygens (including phenoxy) is 1. The molecule has 0 amide bonds. The summed E-state index contributed by atoms with van der Waals surface area (Å²) in [5, 5.41) is 4.14. The van der Waals surface area contributed by atoms with Gasteiger partial charge in [0.2, 0.25) is 0 Å². The van der Waals surface area contributed by atoms with Crippen LogP contribution in [0.2, 0.25) is 5.15 Å². The number of hydrogen-bond acceptors (Lipinski definition) is 5. The molecule has 0 spiro atoms. The fourth-order valence-electron chi connectivity index (χ4n) is 2.84. The van der Waals surface area contributed by atoms with Gasteiger partial charge in [-0.05, 0) is 30.0 Å². The first-order valence-corrected chi connectivity index (χ1v) is 7.51. The smallest absolute Gasteiger partial charge is 0.302 e. The van der Waals surface area contributed by atoms with E-state index in [1.807, 2.05) is 6.07 Å². The van der Waals surface area contributed by atoms with Gasteiger partial charge in [0.05, 0.1) is 0 Å². The molecule has 22 heavy (non-hydrogen) atoms. The van der Waals surface area contributed by atoms with E-state index in [1.54, 1.807) is 12.3 Å². The summed E-state index contributed by atoms with van der Waals surface area (Å²) in [6.45, 7) is 2.72. The highest BCUT2D eigenvalue weighted by Gasteiger charge is 2.33. The molecule has 0 N–H and O–H groups in total. The number of carbonyl (C=O) groups is 1. The maximum absolute atomic E-state index is 10.9. The SMILES string of the molecule is CC(=O)OCCN1C(c2ccc(Cl)nc2)CC[C@H]1CN=[N+]=[N-]. The fraction of sp³-hybridized carbons (Fsp3) is 0.571. The predicted octanol–water partition coefficient (Wildman–Crippen LogP) is 3.11. The molecule has 0 saturated carbocycles. The summed E-state index contributed by atoms with van der Waals surface area (Å²) in [6.07, 6.45) is 3.63. The van der Waals surface area contributed by atoms with Gasteiger partial charge in [0, 0.05) is 43.2 Å². The summed E-state index contributed by atoms with van der Waals surface area (Å²) < 4.78 is 5.04. The molecule has 1 aliphatic rings. The van der Waals surface area contributed by atoms with Crippen molar-refractivity contribution < 1.29 is 9.53 Å². The van der Waals surface area contributed by atoms with E-state index in [0.717, 1.165) is 18.4 Å². The minimum absolute atomic E-state index is 0.145. The molecular weight excluding hydrogens is 306 g/mol. The van der Waals surface area contributed by atoms with Gasteiger partial charge in [-0.3, -0.25) is 9.69 Å². The van der Waals surface area contributed by atoms with Gasteiger partial charge in [0.15, 0.2) is 0 Å². The van der Waals surface area contributed by atoms with Crippen LogP contribution in [0.3, 0.4) is 0 Å². The average Bonchev–Trinajstić information content (AvgIpc) is 2.88. The Balaban J connectivity index is 2.10. The number of hydrogen-bond donors (Lipinski definition) is 0. The van der Waals surface area contributed by atoms with E-state index in [-0.39, 0.29) is 18.1 Å². The topological polar surface area (TPSA) is 91.2 Å². The Morgan fingerprint density at radius 3 is 3.05 bits per heavy atom. The van der Waals surface area contributed by atoms with E-state index in [2.05, 4.69) is 19.9 Å². The van der Waals surface area contributed by atoms with Crippen molar-refractivity contribution in [1.82, 2.24) is 9.88 Å². The van der Waals surface area contributed by atoms with Crippen molar-refractivity contribution in [3.05, 3.63) is 39.5 Å². The second-order valence-electron chi connectivity index (χ2n) is 5.15. The molecule has 2 atom stereocenters. The summed E-state index contributed by atoms with van der Waals surface area (Å²) in [5.74, 6) is -0.296. The molecule has 2 rings (SSSR count). The number of rotatable bonds is 6. The molecule has 0 aliphatic carbocycles. The molecule has 1 aromatic rings. The molecule has 8 heteroatoms. The first kappa shape index (κ1) is 16.5. The van der Waals surface area contributed by atoms with Crippen LogP contribution < -0.4 is 0 Å². The van der Waals surface area contributed by atoms with E-state index >= 15 is 0 Å². The Kier molecular flexibility index (Phi) is 6.00. The number of azide groups is 1. The Hall–Kier alpha value is -1.82. The maximum Gasteiger partial charge on any atom is 0.302 e. The number of halogens is 1. The Morgan fingerprint density at radius 1 is 1.59 bits per heavy atom. The van der Waals surface area contributed by atoms with Crippen LogP contribution in [-0.2, 0) is 9.53 Å². The van der Waals surface area contributed by atoms with E-state index in [9.17, 15) is 4.79 Å². The molecule has 1 aliphatic heterocycles. The van der Waals surface area contributed by atoms with Crippen molar-refractivity contribution in [2.45, 2.75) is 31.8 Å². The van der Waals surface area contributed by atoms with Crippen molar-refractivity contribution in [1.29, 1.82) is 0 Å². The van der Waals surface area contributed by atoms with Gasteiger partial charge in [0.1, 0.15) is 11.8 Å². The minimum atomic E-state index is -0.296. The van der Waals surface area contributed by atoms with Crippen LogP contribution in [0.25, 0.3) is 10.4 Å². The first-order chi connectivity index (χ1) is 10.6. The van der Waals surface area contributed by atoms with Gasteiger partial charge in [-0.1, -0.05) is 22.8 Å². The molecule has 0 aromatic carbocycles. The maximum atomic E-state index is 10.9. The van der Waals surface area contributed by atoms with E-state index in [0.29, 0.717) is 24.8 Å². The van der Waals surface area contributed by atoms with Crippen LogP contribution in [0.15, 0.2) is 23.4 Å². The zero-order valence-electron chi connectivity index (χ0n) is 12.4. The highest BCUT2D eigenvalue weighted by Crippen LogP contribution is 2.36. The lowest BCUT2D eigenvalue weighted by molar-refractivity contribution is -0.141. The predicted molar refractivity (Wildman–Crippen MR) is 82.4 cm³/mol. The fourth-order valence-corrected chi connectivity index (χ4v) is 2.95. The molecule has 0 bridgehead atoms. The van der Waals surface area contributed by atoms with Gasteiger partial charge in [-0.25, -0.2) is 4.98 Å². The Morgan fingerprint density at radius 2 is 2.41 bits per heavy atom. The van der Waals surface area contributed by atoms with Crippen molar-refractivity contribution in [2.24, 2.45) is 5.11 Å². The second kappa shape index (κ2) is 7.98. The molecule has 7 nitrogen and oxygen atoms in total. The minimum Gasteiger partial charge on any atom is -0.465 e. The number of nitrogens with zero attached hydrogens (tertiary/aromatic N) is 5. The summed E-state index contributed by atoms with van der Waals surface area (Å²) >= 11 is 5.83. The quantitative estimate of drug-likeness (QED) is 0.264. The van der Waals surface area contributed by atoms with Crippen LogP contribution in [0.4, 0.5) is 0 Å². The summed E-state index contributed by atoms with van der Waals surface area (Å²) in [6, 6.07) is 4.03. The molecule has 1 saturated heterocycles. The van der Waals surface area contributed by atoms with Crippen molar-refractivity contribution in [2.75, 3.05) is 19.7 Å². The Bertz CT molecular complexity index is 559. The molecule has 1 aromatic heterocycles. The molecule has 118 valence electrons. The van der Waals surface area contributed by atoms with Crippen molar-refractivity contribution in [3.63, 3.8) is 0 Å². The highest BCUT2D eigenvalue weighted by atomic mass is 35.5. The standard InChI is InChI=1S/C14H18ClN5O2/c1-10(21)22-7-6-20-12(9-18-19-16)3-4-13(20)11-2-5-14(15)17-8-11/h2,5,8,12-13H,3-4,6-7,9H2,1H3/t12-,13?/m0/s1. The average molecular weight is 324 g/mol. The molecule has 2 heterocycles.